The van der Waals surface area contributed by atoms with Gasteiger partial charge in [0.25, 0.3) is 5.56 Å². The number of halogens is 1. The van der Waals surface area contributed by atoms with E-state index in [1.54, 1.807) is 13.3 Å². The van der Waals surface area contributed by atoms with Crippen LogP contribution in [-0.4, -0.2) is 54.6 Å². The fourth-order valence-electron chi connectivity index (χ4n) is 2.02. The van der Waals surface area contributed by atoms with E-state index in [9.17, 15) is 4.79 Å². The van der Waals surface area contributed by atoms with Crippen LogP contribution in [0.3, 0.4) is 0 Å². The van der Waals surface area contributed by atoms with Gasteiger partial charge in [-0.25, -0.2) is 4.68 Å². The Bertz CT molecular complexity index is 479. The van der Waals surface area contributed by atoms with E-state index in [2.05, 4.69) is 29.2 Å². The molecular weight excluding hydrogens is 292 g/mol. The number of rotatable bonds is 10. The lowest BCUT2D eigenvalue weighted by molar-refractivity contribution is 0.182. The summed E-state index contributed by atoms with van der Waals surface area (Å²) in [5, 5.41) is 7.45. The zero-order chi connectivity index (χ0) is 15.7. The van der Waals surface area contributed by atoms with Crippen LogP contribution in [0.2, 0.25) is 5.02 Å². The smallest absolute Gasteiger partial charge is 0.287 e. The first-order chi connectivity index (χ1) is 10.1. The van der Waals surface area contributed by atoms with Crippen molar-refractivity contribution in [1.29, 1.82) is 0 Å². The van der Waals surface area contributed by atoms with E-state index in [-0.39, 0.29) is 10.6 Å². The number of likely N-dealkylation sites (N-methyl/N-ethyl adjacent to an activating group) is 1. The summed E-state index contributed by atoms with van der Waals surface area (Å²) in [6, 6.07) is 0. The molecule has 0 radical (unpaired) electrons. The van der Waals surface area contributed by atoms with Crippen molar-refractivity contribution in [2.45, 2.75) is 26.8 Å². The first-order valence-corrected chi connectivity index (χ1v) is 7.72. The van der Waals surface area contributed by atoms with Gasteiger partial charge in [-0.1, -0.05) is 25.4 Å². The average molecular weight is 317 g/mol. The van der Waals surface area contributed by atoms with E-state index >= 15 is 0 Å². The molecule has 0 aliphatic rings. The van der Waals surface area contributed by atoms with Gasteiger partial charge in [0, 0.05) is 20.2 Å². The number of nitrogens with zero attached hydrogens (tertiary/aromatic N) is 3. The Morgan fingerprint density at radius 1 is 1.43 bits per heavy atom. The van der Waals surface area contributed by atoms with Gasteiger partial charge in [-0.05, 0) is 19.5 Å². The Morgan fingerprint density at radius 2 is 2.19 bits per heavy atom. The molecule has 0 bridgehead atoms. The van der Waals surface area contributed by atoms with Gasteiger partial charge < -0.3 is 15.0 Å². The summed E-state index contributed by atoms with van der Waals surface area (Å²) >= 11 is 6.10. The first-order valence-electron chi connectivity index (χ1n) is 7.34. The fourth-order valence-corrected chi connectivity index (χ4v) is 2.23. The van der Waals surface area contributed by atoms with Crippen LogP contribution in [0.5, 0.6) is 0 Å². The number of aromatic nitrogens is 2. The molecule has 1 heterocycles. The maximum absolute atomic E-state index is 12.0. The molecule has 6 nitrogen and oxygen atoms in total. The molecule has 1 rings (SSSR count). The highest BCUT2D eigenvalue weighted by molar-refractivity contribution is 6.32. The highest BCUT2D eigenvalue weighted by Gasteiger charge is 2.09. The van der Waals surface area contributed by atoms with Gasteiger partial charge >= 0.3 is 0 Å². The lowest BCUT2D eigenvalue weighted by atomic mass is 10.4. The Hall–Kier alpha value is -1.11. The van der Waals surface area contributed by atoms with E-state index in [1.165, 1.54) is 4.68 Å². The first kappa shape index (κ1) is 17.9. The summed E-state index contributed by atoms with van der Waals surface area (Å²) in [4.78, 5) is 14.4. The second-order valence-corrected chi connectivity index (χ2v) is 5.13. The van der Waals surface area contributed by atoms with Crippen molar-refractivity contribution in [2.75, 3.05) is 45.2 Å². The summed E-state index contributed by atoms with van der Waals surface area (Å²) in [7, 11) is 1.58. The molecule has 1 aromatic heterocycles. The summed E-state index contributed by atoms with van der Waals surface area (Å²) in [5.41, 5.74) is 0.294. The predicted molar refractivity (Wildman–Crippen MR) is 86.3 cm³/mol. The minimum absolute atomic E-state index is 0.180. The summed E-state index contributed by atoms with van der Waals surface area (Å²) < 4.78 is 6.25. The molecular formula is C14H25ClN4O2. The van der Waals surface area contributed by atoms with Crippen molar-refractivity contribution in [3.05, 3.63) is 21.6 Å². The second kappa shape index (κ2) is 9.76. The summed E-state index contributed by atoms with van der Waals surface area (Å²) in [5.74, 6) is 0. The molecule has 7 heteroatoms. The number of ether oxygens (including phenoxy) is 1. The molecule has 0 amide bonds. The van der Waals surface area contributed by atoms with Crippen molar-refractivity contribution in [1.82, 2.24) is 14.7 Å². The molecule has 0 spiro atoms. The largest absolute Gasteiger partial charge is 0.383 e. The van der Waals surface area contributed by atoms with Crippen molar-refractivity contribution in [3.8, 4) is 0 Å². The molecule has 0 saturated heterocycles. The van der Waals surface area contributed by atoms with E-state index in [0.29, 0.717) is 18.8 Å². The van der Waals surface area contributed by atoms with Gasteiger partial charge in [0.15, 0.2) is 0 Å². The van der Waals surface area contributed by atoms with Crippen LogP contribution in [-0.2, 0) is 11.3 Å². The number of hydrogen-bond acceptors (Lipinski definition) is 5. The quantitative estimate of drug-likeness (QED) is 0.712. The molecule has 0 aliphatic carbocycles. The number of nitrogens with one attached hydrogen (secondary N) is 1. The Morgan fingerprint density at radius 3 is 2.81 bits per heavy atom. The normalized spacial score (nSPS) is 11.1. The van der Waals surface area contributed by atoms with Crippen LogP contribution >= 0.6 is 11.6 Å². The van der Waals surface area contributed by atoms with Crippen molar-refractivity contribution in [3.63, 3.8) is 0 Å². The zero-order valence-corrected chi connectivity index (χ0v) is 13.8. The minimum atomic E-state index is -0.292. The second-order valence-electron chi connectivity index (χ2n) is 4.75. The Kier molecular flexibility index (Phi) is 8.34. The molecule has 0 aromatic carbocycles. The average Bonchev–Trinajstić information content (AvgIpc) is 2.49. The van der Waals surface area contributed by atoms with E-state index in [4.69, 9.17) is 16.3 Å². The zero-order valence-electron chi connectivity index (χ0n) is 13.1. The molecule has 1 aromatic rings. The fraction of sp³-hybridized carbons (Fsp3) is 0.714. The lowest BCUT2D eigenvalue weighted by Crippen LogP contribution is -2.30. The van der Waals surface area contributed by atoms with Gasteiger partial charge in [-0.2, -0.15) is 5.10 Å². The van der Waals surface area contributed by atoms with Crippen LogP contribution in [0.1, 0.15) is 20.3 Å². The molecule has 1 N–H and O–H groups in total. The van der Waals surface area contributed by atoms with Crippen molar-refractivity contribution < 1.29 is 4.74 Å². The van der Waals surface area contributed by atoms with Crippen LogP contribution in [0, 0.1) is 0 Å². The van der Waals surface area contributed by atoms with Gasteiger partial charge in [0.2, 0.25) is 0 Å². The topological polar surface area (TPSA) is 59.4 Å². The maximum Gasteiger partial charge on any atom is 0.287 e. The van der Waals surface area contributed by atoms with E-state index in [0.717, 1.165) is 32.6 Å². The number of anilines is 1. The maximum atomic E-state index is 12.0. The van der Waals surface area contributed by atoms with Gasteiger partial charge in [0.05, 0.1) is 25.0 Å². The third-order valence-electron chi connectivity index (χ3n) is 3.22. The minimum Gasteiger partial charge on any atom is -0.383 e. The van der Waals surface area contributed by atoms with Crippen molar-refractivity contribution >= 4 is 17.3 Å². The lowest BCUT2D eigenvalue weighted by Gasteiger charge is -2.20. The van der Waals surface area contributed by atoms with Gasteiger partial charge in [0.1, 0.15) is 5.02 Å². The molecule has 120 valence electrons. The van der Waals surface area contributed by atoms with Gasteiger partial charge in [-0.15, -0.1) is 0 Å². The summed E-state index contributed by atoms with van der Waals surface area (Å²) in [6.45, 7) is 8.86. The predicted octanol–water partition coefficient (Wildman–Crippen LogP) is 1.69. The number of hydrogen-bond donors (Lipinski definition) is 1. The van der Waals surface area contributed by atoms with Crippen LogP contribution < -0.4 is 10.9 Å². The number of methoxy groups -OCH3 is 1. The molecule has 0 saturated carbocycles. The van der Waals surface area contributed by atoms with Crippen molar-refractivity contribution in [2.24, 2.45) is 0 Å². The highest BCUT2D eigenvalue weighted by Crippen LogP contribution is 2.14. The summed E-state index contributed by atoms with van der Waals surface area (Å²) in [6.07, 6.45) is 2.72. The van der Waals surface area contributed by atoms with E-state index < -0.39 is 0 Å². The Balaban J connectivity index is 2.60. The third-order valence-corrected chi connectivity index (χ3v) is 3.59. The van der Waals surface area contributed by atoms with E-state index in [1.807, 2.05) is 0 Å². The van der Waals surface area contributed by atoms with Crippen LogP contribution in [0.25, 0.3) is 0 Å². The molecule has 0 fully saturated rings. The highest BCUT2D eigenvalue weighted by atomic mass is 35.5. The standard InChI is InChI=1S/C14H25ClN4O2/c1-4-7-18(5-2)8-6-16-12-11-17-19(9-10-21-3)14(20)13(12)15/h11,16H,4-10H2,1-3H3. The van der Waals surface area contributed by atoms with Crippen LogP contribution in [0.4, 0.5) is 5.69 Å². The monoisotopic (exact) mass is 316 g/mol. The van der Waals surface area contributed by atoms with Gasteiger partial charge in [-0.3, -0.25) is 4.79 Å². The third kappa shape index (κ3) is 5.65. The molecule has 21 heavy (non-hydrogen) atoms. The SMILES string of the molecule is CCCN(CC)CCNc1cnn(CCOC)c(=O)c1Cl. The molecule has 0 atom stereocenters. The Labute approximate surface area is 131 Å². The molecule has 0 unspecified atom stereocenters. The molecule has 0 aliphatic heterocycles. The van der Waals surface area contributed by atoms with Crippen LogP contribution in [0.15, 0.2) is 11.0 Å².